The molecule has 176 valence electrons. The van der Waals surface area contributed by atoms with E-state index in [0.29, 0.717) is 26.5 Å². The summed E-state index contributed by atoms with van der Waals surface area (Å²) in [5.41, 5.74) is 3.16. The second-order valence-electron chi connectivity index (χ2n) is 8.47. The van der Waals surface area contributed by atoms with Crippen molar-refractivity contribution in [3.63, 3.8) is 0 Å². The molecular formula is C26H21BrFN5O2. The third kappa shape index (κ3) is 3.91. The van der Waals surface area contributed by atoms with Gasteiger partial charge in [-0.15, -0.1) is 0 Å². The molecule has 5 aromatic rings. The van der Waals surface area contributed by atoms with Crippen LogP contribution < -0.4 is 0 Å². The minimum absolute atomic E-state index is 0.203. The van der Waals surface area contributed by atoms with Crippen molar-refractivity contribution in [3.8, 4) is 0 Å². The summed E-state index contributed by atoms with van der Waals surface area (Å²) in [6.07, 6.45) is 4.86. The smallest absolute Gasteiger partial charge is 0.328 e. The average Bonchev–Trinajstić information content (AvgIpc) is 3.38. The van der Waals surface area contributed by atoms with Gasteiger partial charge < -0.3 is 9.47 Å². The number of halogens is 2. The van der Waals surface area contributed by atoms with Crippen LogP contribution in [-0.4, -0.2) is 49.9 Å². The number of benzene rings is 2. The van der Waals surface area contributed by atoms with Crippen LogP contribution in [-0.2, 0) is 6.54 Å². The number of carbonyl (C=O) groups is 2. The lowest BCUT2D eigenvalue weighted by Gasteiger charge is -2.11. The lowest BCUT2D eigenvalue weighted by atomic mass is 10.0. The van der Waals surface area contributed by atoms with E-state index in [0.717, 1.165) is 16.9 Å². The number of aryl methyl sites for hydroxylation is 1. The first kappa shape index (κ1) is 22.9. The normalized spacial score (nSPS) is 11.3. The predicted molar refractivity (Wildman–Crippen MR) is 135 cm³/mol. The number of carbonyl (C=O) groups excluding carboxylic acids is 2. The molecule has 35 heavy (non-hydrogen) atoms. The van der Waals surface area contributed by atoms with E-state index >= 15 is 4.39 Å². The number of aromatic nitrogens is 4. The standard InChI is InChI=1S/C26H21BrFN5O2/c1-15-30-21-12-29-10-9-22(21)32(15)13-17-8-7-16(11-20(17)28)25(34)18-14-33(26(35)31(2)3)23-6-4-5-19(27)24(18)23/h4-12,14H,13H2,1-3H3. The molecule has 0 fully saturated rings. The first-order valence-corrected chi connectivity index (χ1v) is 11.7. The van der Waals surface area contributed by atoms with Gasteiger partial charge in [0, 0.05) is 53.0 Å². The lowest BCUT2D eigenvalue weighted by molar-refractivity contribution is 0.103. The Kier molecular flexibility index (Phi) is 5.72. The van der Waals surface area contributed by atoms with Crippen molar-refractivity contribution >= 4 is 49.7 Å². The molecular weight excluding hydrogens is 513 g/mol. The Balaban J connectivity index is 1.53. The van der Waals surface area contributed by atoms with Gasteiger partial charge in [-0.1, -0.05) is 34.1 Å². The molecule has 5 rings (SSSR count). The Morgan fingerprint density at radius 3 is 2.66 bits per heavy atom. The summed E-state index contributed by atoms with van der Waals surface area (Å²) in [5, 5.41) is 0.603. The van der Waals surface area contributed by atoms with Crippen molar-refractivity contribution in [2.24, 2.45) is 0 Å². The van der Waals surface area contributed by atoms with Crippen LogP contribution in [0.5, 0.6) is 0 Å². The van der Waals surface area contributed by atoms with Gasteiger partial charge in [-0.25, -0.2) is 14.2 Å². The predicted octanol–water partition coefficient (Wildman–Crippen LogP) is 5.41. The highest BCUT2D eigenvalue weighted by Gasteiger charge is 2.23. The molecule has 3 aromatic heterocycles. The molecule has 1 amide bonds. The number of fused-ring (bicyclic) bond motifs is 2. The Hall–Kier alpha value is -3.85. The number of rotatable bonds is 4. The molecule has 0 aliphatic heterocycles. The molecule has 0 N–H and O–H groups in total. The third-order valence-electron chi connectivity index (χ3n) is 6.00. The van der Waals surface area contributed by atoms with Gasteiger partial charge in [-0.05, 0) is 31.2 Å². The van der Waals surface area contributed by atoms with E-state index in [1.807, 2.05) is 17.6 Å². The number of amides is 1. The molecule has 0 spiro atoms. The van der Waals surface area contributed by atoms with Gasteiger partial charge in [0.15, 0.2) is 5.78 Å². The van der Waals surface area contributed by atoms with Gasteiger partial charge in [-0.2, -0.15) is 0 Å². The largest absolute Gasteiger partial charge is 0.330 e. The number of hydrogen-bond acceptors (Lipinski definition) is 4. The van der Waals surface area contributed by atoms with E-state index in [1.54, 1.807) is 56.8 Å². The zero-order chi connectivity index (χ0) is 24.9. The molecule has 0 saturated carbocycles. The highest BCUT2D eigenvalue weighted by atomic mass is 79.9. The van der Waals surface area contributed by atoms with Gasteiger partial charge in [0.2, 0.25) is 0 Å². The van der Waals surface area contributed by atoms with E-state index < -0.39 is 5.82 Å². The first-order valence-electron chi connectivity index (χ1n) is 10.9. The van der Waals surface area contributed by atoms with Gasteiger partial charge in [0.05, 0.1) is 23.8 Å². The van der Waals surface area contributed by atoms with Gasteiger partial charge in [0.25, 0.3) is 0 Å². The Bertz CT molecular complexity index is 1640. The monoisotopic (exact) mass is 533 g/mol. The van der Waals surface area contributed by atoms with Crippen LogP contribution in [0, 0.1) is 12.7 Å². The summed E-state index contributed by atoms with van der Waals surface area (Å²) < 4.78 is 19.2. The van der Waals surface area contributed by atoms with E-state index in [4.69, 9.17) is 0 Å². The molecule has 0 unspecified atom stereocenters. The van der Waals surface area contributed by atoms with Crippen LogP contribution in [0.15, 0.2) is 65.5 Å². The highest BCUT2D eigenvalue weighted by molar-refractivity contribution is 9.10. The van der Waals surface area contributed by atoms with Gasteiger partial charge >= 0.3 is 6.03 Å². The fourth-order valence-electron chi connectivity index (χ4n) is 4.23. The molecule has 0 atom stereocenters. The van der Waals surface area contributed by atoms with Crippen LogP contribution in [0.25, 0.3) is 21.9 Å². The molecule has 7 nitrogen and oxygen atoms in total. The summed E-state index contributed by atoms with van der Waals surface area (Å²) in [4.78, 5) is 36.2. The molecule has 0 saturated heterocycles. The maximum absolute atomic E-state index is 15.2. The van der Waals surface area contributed by atoms with Crippen molar-refractivity contribution in [2.75, 3.05) is 14.1 Å². The minimum Gasteiger partial charge on any atom is -0.330 e. The Morgan fingerprint density at radius 2 is 1.91 bits per heavy atom. The van der Waals surface area contributed by atoms with E-state index in [1.165, 1.54) is 21.7 Å². The number of hydrogen-bond donors (Lipinski definition) is 0. The maximum Gasteiger partial charge on any atom is 0.328 e. The van der Waals surface area contributed by atoms with Crippen LogP contribution >= 0.6 is 15.9 Å². The van der Waals surface area contributed by atoms with Crippen LogP contribution in [0.2, 0.25) is 0 Å². The highest BCUT2D eigenvalue weighted by Crippen LogP contribution is 2.31. The Labute approximate surface area is 208 Å². The quantitative estimate of drug-likeness (QED) is 0.290. The van der Waals surface area contributed by atoms with Gasteiger partial charge in [0.1, 0.15) is 17.2 Å². The van der Waals surface area contributed by atoms with Crippen LogP contribution in [0.1, 0.15) is 27.3 Å². The second-order valence-corrected chi connectivity index (χ2v) is 9.32. The number of ketones is 1. The van der Waals surface area contributed by atoms with Crippen molar-refractivity contribution < 1.29 is 14.0 Å². The van der Waals surface area contributed by atoms with Crippen LogP contribution in [0.4, 0.5) is 9.18 Å². The molecule has 2 aromatic carbocycles. The summed E-state index contributed by atoms with van der Waals surface area (Å²) in [6, 6.07) is 11.4. The van der Waals surface area contributed by atoms with E-state index in [2.05, 4.69) is 25.9 Å². The molecule has 0 bridgehead atoms. The Morgan fingerprint density at radius 1 is 1.11 bits per heavy atom. The summed E-state index contributed by atoms with van der Waals surface area (Å²) in [7, 11) is 3.28. The SMILES string of the molecule is Cc1nc2cnccc2n1Cc1ccc(C(=O)c2cn(C(=O)N(C)C)c3cccc(Br)c23)cc1F. The topological polar surface area (TPSA) is 73.0 Å². The lowest BCUT2D eigenvalue weighted by Crippen LogP contribution is -2.26. The van der Waals surface area contributed by atoms with Crippen molar-refractivity contribution in [1.29, 1.82) is 0 Å². The fourth-order valence-corrected chi connectivity index (χ4v) is 4.80. The van der Waals surface area contributed by atoms with E-state index in [9.17, 15) is 9.59 Å². The van der Waals surface area contributed by atoms with Crippen LogP contribution in [0.3, 0.4) is 0 Å². The summed E-state index contributed by atoms with van der Waals surface area (Å²) in [6.45, 7) is 2.13. The molecule has 9 heteroatoms. The second kappa shape index (κ2) is 8.74. The van der Waals surface area contributed by atoms with Gasteiger partial charge in [-0.3, -0.25) is 14.3 Å². The van der Waals surface area contributed by atoms with E-state index in [-0.39, 0.29) is 23.9 Å². The zero-order valence-electron chi connectivity index (χ0n) is 19.3. The zero-order valence-corrected chi connectivity index (χ0v) is 20.9. The number of pyridine rings is 1. The first-order chi connectivity index (χ1) is 16.8. The molecule has 3 heterocycles. The molecule has 0 aliphatic carbocycles. The number of nitrogens with zero attached hydrogens (tertiary/aromatic N) is 5. The number of imidazole rings is 1. The fraction of sp³-hybridized carbons (Fsp3) is 0.154. The van der Waals surface area contributed by atoms with Crippen molar-refractivity contribution in [3.05, 3.63) is 93.9 Å². The summed E-state index contributed by atoms with van der Waals surface area (Å²) >= 11 is 3.50. The van der Waals surface area contributed by atoms with Crippen molar-refractivity contribution in [2.45, 2.75) is 13.5 Å². The van der Waals surface area contributed by atoms with Crippen molar-refractivity contribution in [1.82, 2.24) is 24.0 Å². The maximum atomic E-state index is 15.2. The molecule has 0 aliphatic rings. The summed E-state index contributed by atoms with van der Waals surface area (Å²) in [5.74, 6) is -0.109. The minimum atomic E-state index is -0.488. The average molecular weight is 534 g/mol. The third-order valence-corrected chi connectivity index (χ3v) is 6.66. The molecule has 0 radical (unpaired) electrons.